The SMILES string of the molecule is Cc1cc(C=NNc2ccc([N+](=O)[O-])cc2)c(C)n1-c1ccc(OCc2ccc(Cl)cc2Cl)cc1. The molecule has 9 heteroatoms. The average Bonchev–Trinajstić information content (AvgIpc) is 3.12. The van der Waals surface area contributed by atoms with Gasteiger partial charge in [-0.2, -0.15) is 5.10 Å². The predicted octanol–water partition coefficient (Wildman–Crippen LogP) is 7.33. The fourth-order valence-corrected chi connectivity index (χ4v) is 4.10. The smallest absolute Gasteiger partial charge is 0.269 e. The summed E-state index contributed by atoms with van der Waals surface area (Å²) in [6.07, 6.45) is 1.73. The molecule has 4 rings (SSSR count). The van der Waals surface area contributed by atoms with E-state index in [1.807, 2.05) is 50.2 Å². The predicted molar refractivity (Wildman–Crippen MR) is 140 cm³/mol. The van der Waals surface area contributed by atoms with Gasteiger partial charge in [-0.05, 0) is 68.4 Å². The molecule has 0 atom stereocenters. The van der Waals surface area contributed by atoms with Gasteiger partial charge in [0.2, 0.25) is 0 Å². The molecule has 7 nitrogen and oxygen atoms in total. The summed E-state index contributed by atoms with van der Waals surface area (Å²) in [6.45, 7) is 4.40. The Morgan fingerprint density at radius 1 is 1.03 bits per heavy atom. The van der Waals surface area contributed by atoms with Crippen LogP contribution in [0.15, 0.2) is 77.9 Å². The number of anilines is 1. The molecule has 0 bridgehead atoms. The van der Waals surface area contributed by atoms with Crippen LogP contribution in [0, 0.1) is 24.0 Å². The first-order valence-electron chi connectivity index (χ1n) is 10.7. The van der Waals surface area contributed by atoms with Crippen LogP contribution in [0.5, 0.6) is 5.75 Å². The van der Waals surface area contributed by atoms with Crippen LogP contribution in [0.3, 0.4) is 0 Å². The monoisotopic (exact) mass is 508 g/mol. The molecule has 0 unspecified atom stereocenters. The van der Waals surface area contributed by atoms with E-state index in [1.54, 1.807) is 30.5 Å². The molecule has 4 aromatic rings. The van der Waals surface area contributed by atoms with E-state index in [-0.39, 0.29) is 5.69 Å². The molecule has 0 saturated carbocycles. The van der Waals surface area contributed by atoms with Gasteiger partial charge >= 0.3 is 0 Å². The van der Waals surface area contributed by atoms with E-state index >= 15 is 0 Å². The second-order valence-electron chi connectivity index (χ2n) is 7.85. The first-order chi connectivity index (χ1) is 16.8. The number of aryl methyl sites for hydroxylation is 1. The average molecular weight is 509 g/mol. The summed E-state index contributed by atoms with van der Waals surface area (Å²) in [4.78, 5) is 10.3. The highest BCUT2D eigenvalue weighted by Gasteiger charge is 2.10. The first-order valence-corrected chi connectivity index (χ1v) is 11.5. The Hall–Kier alpha value is -3.81. The van der Waals surface area contributed by atoms with Crippen molar-refractivity contribution in [1.29, 1.82) is 0 Å². The Morgan fingerprint density at radius 3 is 2.40 bits per heavy atom. The number of aromatic nitrogens is 1. The minimum atomic E-state index is -0.435. The van der Waals surface area contributed by atoms with Crippen LogP contribution in [-0.2, 0) is 6.61 Å². The number of nitrogens with zero attached hydrogens (tertiary/aromatic N) is 3. The number of hydrogen-bond donors (Lipinski definition) is 1. The van der Waals surface area contributed by atoms with Crippen molar-refractivity contribution in [2.24, 2.45) is 5.10 Å². The molecular weight excluding hydrogens is 487 g/mol. The zero-order valence-corrected chi connectivity index (χ0v) is 20.5. The molecule has 0 aliphatic heterocycles. The van der Waals surface area contributed by atoms with Crippen molar-refractivity contribution in [3.63, 3.8) is 0 Å². The number of benzene rings is 3. The fraction of sp³-hybridized carbons (Fsp3) is 0.115. The number of hydrogen-bond acceptors (Lipinski definition) is 5. The third kappa shape index (κ3) is 5.82. The summed E-state index contributed by atoms with van der Waals surface area (Å²) in [5.74, 6) is 0.733. The third-order valence-corrected chi connectivity index (χ3v) is 6.04. The van der Waals surface area contributed by atoms with Crippen molar-refractivity contribution < 1.29 is 9.66 Å². The standard InChI is InChI=1S/C26H22Cl2N4O3/c1-17-13-20(15-29-30-22-5-7-24(8-6-22)32(33)34)18(2)31(17)23-9-11-25(12-10-23)35-16-19-3-4-21(27)14-26(19)28/h3-15,30H,16H2,1-2H3. The minimum absolute atomic E-state index is 0.0354. The lowest BCUT2D eigenvalue weighted by molar-refractivity contribution is -0.384. The maximum atomic E-state index is 10.8. The summed E-state index contributed by atoms with van der Waals surface area (Å²) in [5.41, 5.74) is 8.50. The molecule has 0 aliphatic carbocycles. The molecule has 1 heterocycles. The van der Waals surface area contributed by atoms with Crippen LogP contribution >= 0.6 is 23.2 Å². The van der Waals surface area contributed by atoms with Crippen LogP contribution in [0.25, 0.3) is 5.69 Å². The largest absolute Gasteiger partial charge is 0.489 e. The van der Waals surface area contributed by atoms with Crippen molar-refractivity contribution in [1.82, 2.24) is 4.57 Å². The molecule has 0 aliphatic rings. The maximum Gasteiger partial charge on any atom is 0.269 e. The van der Waals surface area contributed by atoms with E-state index in [0.717, 1.165) is 34.0 Å². The van der Waals surface area contributed by atoms with Crippen molar-refractivity contribution >= 4 is 40.8 Å². The van der Waals surface area contributed by atoms with E-state index in [2.05, 4.69) is 15.1 Å². The zero-order chi connectivity index (χ0) is 24.9. The van der Waals surface area contributed by atoms with Gasteiger partial charge in [0.15, 0.2) is 0 Å². The van der Waals surface area contributed by atoms with Crippen LogP contribution in [0.2, 0.25) is 10.0 Å². The third-order valence-electron chi connectivity index (χ3n) is 5.45. The van der Waals surface area contributed by atoms with E-state index in [9.17, 15) is 10.1 Å². The summed E-state index contributed by atoms with van der Waals surface area (Å²) in [7, 11) is 0. The van der Waals surface area contributed by atoms with Crippen LogP contribution in [0.1, 0.15) is 22.5 Å². The van der Waals surface area contributed by atoms with Crippen molar-refractivity contribution in [3.05, 3.63) is 115 Å². The quantitative estimate of drug-likeness (QED) is 0.153. The number of ether oxygens (including phenoxy) is 1. The summed E-state index contributed by atoms with van der Waals surface area (Å²) in [5, 5.41) is 16.2. The lowest BCUT2D eigenvalue weighted by atomic mass is 10.2. The highest BCUT2D eigenvalue weighted by molar-refractivity contribution is 6.35. The van der Waals surface area contributed by atoms with Gasteiger partial charge in [-0.1, -0.05) is 29.3 Å². The first kappa shape index (κ1) is 24.3. The molecule has 1 aromatic heterocycles. The lowest BCUT2D eigenvalue weighted by Crippen LogP contribution is -2.01. The summed E-state index contributed by atoms with van der Waals surface area (Å²) < 4.78 is 8.01. The molecule has 0 fully saturated rings. The van der Waals surface area contributed by atoms with Gasteiger partial charge < -0.3 is 9.30 Å². The zero-order valence-electron chi connectivity index (χ0n) is 19.0. The van der Waals surface area contributed by atoms with Crippen LogP contribution in [-0.4, -0.2) is 15.7 Å². The van der Waals surface area contributed by atoms with Gasteiger partial charge in [-0.15, -0.1) is 0 Å². The Bertz CT molecular complexity index is 1380. The maximum absolute atomic E-state index is 10.8. The number of nitro groups is 1. The van der Waals surface area contributed by atoms with E-state index < -0.39 is 4.92 Å². The minimum Gasteiger partial charge on any atom is -0.489 e. The van der Waals surface area contributed by atoms with Gasteiger partial charge in [0, 0.05) is 50.4 Å². The van der Waals surface area contributed by atoms with E-state index in [4.69, 9.17) is 27.9 Å². The van der Waals surface area contributed by atoms with Gasteiger partial charge in [0.1, 0.15) is 12.4 Å². The number of nitro benzene ring substituents is 1. The Morgan fingerprint density at radius 2 is 1.74 bits per heavy atom. The van der Waals surface area contributed by atoms with Gasteiger partial charge in [-0.3, -0.25) is 15.5 Å². The summed E-state index contributed by atoms with van der Waals surface area (Å²) in [6, 6.07) is 21.3. The Labute approximate surface area is 212 Å². The molecule has 178 valence electrons. The molecule has 1 N–H and O–H groups in total. The Kier molecular flexibility index (Phi) is 7.39. The molecule has 3 aromatic carbocycles. The number of halogens is 2. The Balaban J connectivity index is 1.43. The molecule has 0 radical (unpaired) electrons. The number of nitrogens with one attached hydrogen (secondary N) is 1. The molecular formula is C26H22Cl2N4O3. The van der Waals surface area contributed by atoms with Crippen LogP contribution in [0.4, 0.5) is 11.4 Å². The lowest BCUT2D eigenvalue weighted by Gasteiger charge is -2.12. The highest BCUT2D eigenvalue weighted by Crippen LogP contribution is 2.25. The molecule has 0 spiro atoms. The molecule has 35 heavy (non-hydrogen) atoms. The number of rotatable bonds is 8. The fourth-order valence-electron chi connectivity index (χ4n) is 3.64. The van der Waals surface area contributed by atoms with Gasteiger partial charge in [-0.25, -0.2) is 0 Å². The molecule has 0 amide bonds. The van der Waals surface area contributed by atoms with E-state index in [1.165, 1.54) is 12.1 Å². The second kappa shape index (κ2) is 10.6. The second-order valence-corrected chi connectivity index (χ2v) is 8.70. The van der Waals surface area contributed by atoms with Crippen LogP contribution < -0.4 is 10.2 Å². The van der Waals surface area contributed by atoms with Gasteiger partial charge in [0.05, 0.1) is 16.8 Å². The normalized spacial score (nSPS) is 11.1. The van der Waals surface area contributed by atoms with E-state index in [0.29, 0.717) is 22.3 Å². The highest BCUT2D eigenvalue weighted by atomic mass is 35.5. The number of non-ortho nitro benzene ring substituents is 1. The topological polar surface area (TPSA) is 81.7 Å². The van der Waals surface area contributed by atoms with Crippen molar-refractivity contribution in [3.8, 4) is 11.4 Å². The van der Waals surface area contributed by atoms with Gasteiger partial charge in [0.25, 0.3) is 5.69 Å². The summed E-state index contributed by atoms with van der Waals surface area (Å²) >= 11 is 12.2. The molecule has 0 saturated heterocycles. The van der Waals surface area contributed by atoms with Crippen molar-refractivity contribution in [2.45, 2.75) is 20.5 Å². The number of hydrazone groups is 1. The van der Waals surface area contributed by atoms with Crippen molar-refractivity contribution in [2.75, 3.05) is 5.43 Å².